The van der Waals surface area contributed by atoms with Crippen LogP contribution in [-0.2, 0) is 25.7 Å². The van der Waals surface area contributed by atoms with E-state index in [0.29, 0.717) is 23.8 Å². The van der Waals surface area contributed by atoms with E-state index in [4.69, 9.17) is 9.15 Å². The van der Waals surface area contributed by atoms with E-state index in [9.17, 15) is 24.3 Å². The van der Waals surface area contributed by atoms with Crippen molar-refractivity contribution < 1.29 is 28.6 Å². The lowest BCUT2D eigenvalue weighted by Gasteiger charge is -2.19. The van der Waals surface area contributed by atoms with Gasteiger partial charge in [-0.2, -0.15) is 0 Å². The largest absolute Gasteiger partial charge is 0.508 e. The first-order valence-corrected chi connectivity index (χ1v) is 9.20. The minimum Gasteiger partial charge on any atom is -0.508 e. The monoisotopic (exact) mass is 385 g/mol. The molecule has 1 aromatic heterocycles. The van der Waals surface area contributed by atoms with Gasteiger partial charge in [-0.15, -0.1) is 0 Å². The molecule has 2 fully saturated rings. The first kappa shape index (κ1) is 18.2. The first-order valence-electron chi connectivity index (χ1n) is 9.20. The molecule has 0 bridgehead atoms. The maximum absolute atomic E-state index is 12.4. The number of imide groups is 1. The van der Waals surface area contributed by atoms with Crippen molar-refractivity contribution >= 4 is 28.8 Å². The highest BCUT2D eigenvalue weighted by atomic mass is 16.5. The average molecular weight is 385 g/mol. The highest BCUT2D eigenvalue weighted by Crippen LogP contribution is 2.37. The van der Waals surface area contributed by atoms with Gasteiger partial charge in [0.25, 0.3) is 0 Å². The number of ether oxygens (including phenoxy) is 1. The molecule has 28 heavy (non-hydrogen) atoms. The van der Waals surface area contributed by atoms with Crippen molar-refractivity contribution in [2.24, 2.45) is 11.8 Å². The summed E-state index contributed by atoms with van der Waals surface area (Å²) < 4.78 is 10.2. The summed E-state index contributed by atoms with van der Waals surface area (Å²) in [5.41, 5.74) is -0.0574. The fourth-order valence-corrected chi connectivity index (χ4v) is 4.06. The maximum atomic E-state index is 12.4. The third-order valence-corrected chi connectivity index (χ3v) is 5.42. The second-order valence-corrected chi connectivity index (χ2v) is 7.19. The Morgan fingerprint density at radius 1 is 1.11 bits per heavy atom. The fraction of sp³-hybridized carbons (Fsp3) is 0.400. The molecule has 2 atom stereocenters. The zero-order valence-electron chi connectivity index (χ0n) is 15.1. The molecule has 8 nitrogen and oxygen atoms in total. The molecule has 1 aliphatic carbocycles. The van der Waals surface area contributed by atoms with Gasteiger partial charge in [-0.05, 0) is 25.0 Å². The predicted octanol–water partition coefficient (Wildman–Crippen LogP) is 1.72. The van der Waals surface area contributed by atoms with Gasteiger partial charge < -0.3 is 14.3 Å². The van der Waals surface area contributed by atoms with Crippen LogP contribution in [0.15, 0.2) is 33.5 Å². The third kappa shape index (κ3) is 3.26. The van der Waals surface area contributed by atoms with E-state index in [0.717, 1.165) is 17.7 Å². The van der Waals surface area contributed by atoms with Crippen molar-refractivity contribution in [2.75, 3.05) is 6.54 Å². The van der Waals surface area contributed by atoms with E-state index in [1.165, 1.54) is 18.2 Å². The molecule has 1 aromatic carbocycles. The summed E-state index contributed by atoms with van der Waals surface area (Å²) in [6.07, 6.45) is 3.19. The predicted molar refractivity (Wildman–Crippen MR) is 96.1 cm³/mol. The lowest BCUT2D eigenvalue weighted by molar-refractivity contribution is -0.153. The quantitative estimate of drug-likeness (QED) is 0.484. The normalized spacial score (nSPS) is 21.8. The number of carbonyl (C=O) groups is 3. The molecule has 8 heteroatoms. The minimum atomic E-state index is -0.722. The number of hydrogen-bond acceptors (Lipinski definition) is 7. The number of nitrogens with zero attached hydrogens (tertiary/aromatic N) is 1. The number of phenols is 1. The van der Waals surface area contributed by atoms with Crippen LogP contribution in [0.2, 0.25) is 0 Å². The number of benzene rings is 1. The minimum absolute atomic E-state index is 0.0580. The summed E-state index contributed by atoms with van der Waals surface area (Å²) in [7, 11) is 0. The summed E-state index contributed by atoms with van der Waals surface area (Å²) in [5, 5.41) is 10.0. The molecule has 0 radical (unpaired) electrons. The molecule has 2 aliphatic rings. The zero-order valence-corrected chi connectivity index (χ0v) is 15.1. The molecule has 0 spiro atoms. The van der Waals surface area contributed by atoms with Crippen LogP contribution < -0.4 is 5.63 Å². The van der Waals surface area contributed by atoms with Crippen molar-refractivity contribution in [3.8, 4) is 5.75 Å². The first-order chi connectivity index (χ1) is 13.4. The van der Waals surface area contributed by atoms with Gasteiger partial charge in [0.15, 0.2) is 0 Å². The standard InChI is InChI=1S/C20H19NO7/c22-12-5-6-13-11(7-17(23)28-16(13)8-12)10-27-18(24)9-21-19(25)14-3-1-2-4-15(14)20(21)26/h5-8,14-15,22H,1-4,9-10H2/t14-,15-/m0/s1. The molecule has 2 aromatic rings. The molecule has 0 unspecified atom stereocenters. The molecule has 4 rings (SSSR count). The van der Waals surface area contributed by atoms with Gasteiger partial charge in [0, 0.05) is 23.1 Å². The fourth-order valence-electron chi connectivity index (χ4n) is 4.06. The molecule has 1 saturated carbocycles. The number of rotatable bonds is 4. The molecule has 1 saturated heterocycles. The Morgan fingerprint density at radius 2 is 1.79 bits per heavy atom. The van der Waals surface area contributed by atoms with Gasteiger partial charge in [-0.25, -0.2) is 4.79 Å². The number of hydrogen-bond donors (Lipinski definition) is 1. The van der Waals surface area contributed by atoms with E-state index >= 15 is 0 Å². The van der Waals surface area contributed by atoms with Crippen molar-refractivity contribution in [1.29, 1.82) is 0 Å². The number of fused-ring (bicyclic) bond motifs is 2. The number of phenolic OH excluding ortho intramolecular Hbond substituents is 1. The number of aromatic hydroxyl groups is 1. The molecule has 2 amide bonds. The summed E-state index contributed by atoms with van der Waals surface area (Å²) in [5.74, 6) is -2.01. The molecule has 1 aliphatic heterocycles. The van der Waals surface area contributed by atoms with Gasteiger partial charge in [-0.1, -0.05) is 12.8 Å². The number of amides is 2. The van der Waals surface area contributed by atoms with Crippen LogP contribution in [-0.4, -0.2) is 34.3 Å². The van der Waals surface area contributed by atoms with Crippen molar-refractivity contribution in [2.45, 2.75) is 32.3 Å². The smallest absolute Gasteiger partial charge is 0.336 e. The molecule has 146 valence electrons. The van der Waals surface area contributed by atoms with Gasteiger partial charge >= 0.3 is 11.6 Å². The van der Waals surface area contributed by atoms with Crippen molar-refractivity contribution in [1.82, 2.24) is 4.90 Å². The Kier molecular flexibility index (Phi) is 4.62. The van der Waals surface area contributed by atoms with Gasteiger partial charge in [-0.3, -0.25) is 19.3 Å². The second kappa shape index (κ2) is 7.10. The summed E-state index contributed by atoms with van der Waals surface area (Å²) in [4.78, 5) is 49.8. The van der Waals surface area contributed by atoms with Crippen LogP contribution in [0.1, 0.15) is 31.2 Å². The number of likely N-dealkylation sites (tertiary alicyclic amines) is 1. The Morgan fingerprint density at radius 3 is 2.46 bits per heavy atom. The summed E-state index contributed by atoms with van der Waals surface area (Å²) in [6.45, 7) is -0.639. The summed E-state index contributed by atoms with van der Waals surface area (Å²) >= 11 is 0. The van der Waals surface area contributed by atoms with E-state index in [-0.39, 0.29) is 41.6 Å². The van der Waals surface area contributed by atoms with E-state index in [1.807, 2.05) is 0 Å². The Balaban J connectivity index is 1.45. The topological polar surface area (TPSA) is 114 Å². The second-order valence-electron chi connectivity index (χ2n) is 7.19. The van der Waals surface area contributed by atoms with E-state index in [2.05, 4.69) is 0 Å². The van der Waals surface area contributed by atoms with Gasteiger partial charge in [0.1, 0.15) is 24.5 Å². The molecule has 2 heterocycles. The average Bonchev–Trinajstić information content (AvgIpc) is 2.91. The van der Waals surface area contributed by atoms with Crippen LogP contribution in [0, 0.1) is 11.8 Å². The SMILES string of the molecule is O=C(CN1C(=O)[C@H]2CCCC[C@@H]2C1=O)OCc1cc(=O)oc2cc(O)ccc12. The van der Waals surface area contributed by atoms with Crippen molar-refractivity contribution in [3.05, 3.63) is 40.2 Å². The Bertz CT molecular complexity index is 1000. The Hall–Kier alpha value is -3.16. The van der Waals surface area contributed by atoms with E-state index in [1.54, 1.807) is 6.07 Å². The molecular formula is C20H19NO7. The van der Waals surface area contributed by atoms with Gasteiger partial charge in [0.2, 0.25) is 11.8 Å². The highest BCUT2D eigenvalue weighted by molar-refractivity contribution is 6.07. The Labute approximate surface area is 159 Å². The zero-order chi connectivity index (χ0) is 19.8. The van der Waals surface area contributed by atoms with Crippen LogP contribution >= 0.6 is 0 Å². The molecule has 1 N–H and O–H groups in total. The van der Waals surface area contributed by atoms with Gasteiger partial charge in [0.05, 0.1) is 11.8 Å². The van der Waals surface area contributed by atoms with Crippen LogP contribution in [0.25, 0.3) is 11.0 Å². The highest BCUT2D eigenvalue weighted by Gasteiger charge is 2.48. The van der Waals surface area contributed by atoms with Crippen LogP contribution in [0.5, 0.6) is 5.75 Å². The lowest BCUT2D eigenvalue weighted by Crippen LogP contribution is -2.36. The molecular weight excluding hydrogens is 366 g/mol. The maximum Gasteiger partial charge on any atom is 0.336 e. The van der Waals surface area contributed by atoms with E-state index < -0.39 is 18.1 Å². The summed E-state index contributed by atoms with van der Waals surface area (Å²) in [6, 6.07) is 5.48. The van der Waals surface area contributed by atoms with Crippen molar-refractivity contribution in [3.63, 3.8) is 0 Å². The van der Waals surface area contributed by atoms with Crippen LogP contribution in [0.4, 0.5) is 0 Å². The third-order valence-electron chi connectivity index (χ3n) is 5.42. The number of esters is 1. The van der Waals surface area contributed by atoms with Crippen LogP contribution in [0.3, 0.4) is 0 Å². The number of carbonyl (C=O) groups excluding carboxylic acids is 3. The lowest BCUT2D eigenvalue weighted by atomic mass is 9.81.